The summed E-state index contributed by atoms with van der Waals surface area (Å²) in [6, 6.07) is 12.3. The van der Waals surface area contributed by atoms with Gasteiger partial charge in [0.05, 0.1) is 0 Å². The average molecular weight is 231 g/mol. The van der Waals surface area contributed by atoms with E-state index in [4.69, 9.17) is 0 Å². The van der Waals surface area contributed by atoms with Crippen LogP contribution in [0.2, 0.25) is 0 Å². The van der Waals surface area contributed by atoms with Crippen molar-refractivity contribution in [2.45, 2.75) is 4.90 Å². The zero-order valence-electron chi connectivity index (χ0n) is 8.84. The van der Waals surface area contributed by atoms with Gasteiger partial charge in [0.25, 0.3) is 0 Å². The van der Waals surface area contributed by atoms with Crippen molar-refractivity contribution in [1.82, 2.24) is 9.97 Å². The summed E-state index contributed by atoms with van der Waals surface area (Å²) in [5.74, 6) is 1.90. The molecule has 1 aromatic carbocycles. The highest BCUT2D eigenvalue weighted by Gasteiger charge is 1.93. The van der Waals surface area contributed by atoms with Crippen LogP contribution in [0.1, 0.15) is 0 Å². The Hall–Kier alpha value is -1.55. The maximum absolute atomic E-state index is 4.09. The van der Waals surface area contributed by atoms with Crippen LogP contribution in [0.5, 0.6) is 0 Å². The summed E-state index contributed by atoms with van der Waals surface area (Å²) in [5.41, 5.74) is 0. The number of nitrogens with zero attached hydrogens (tertiary/aromatic N) is 2. The third-order valence-electron chi connectivity index (χ3n) is 2.00. The smallest absolute Gasteiger partial charge is 0.129 e. The highest BCUT2D eigenvalue weighted by Crippen LogP contribution is 2.16. The van der Waals surface area contributed by atoms with E-state index in [0.29, 0.717) is 0 Å². The first kappa shape index (κ1) is 11.0. The first-order valence-corrected chi connectivity index (χ1v) is 6.11. The summed E-state index contributed by atoms with van der Waals surface area (Å²) in [6.45, 7) is 0.899. The van der Waals surface area contributed by atoms with Gasteiger partial charge in [0.2, 0.25) is 0 Å². The van der Waals surface area contributed by atoms with E-state index in [9.17, 15) is 0 Å². The van der Waals surface area contributed by atoms with Gasteiger partial charge in [-0.15, -0.1) is 11.8 Å². The van der Waals surface area contributed by atoms with Gasteiger partial charge >= 0.3 is 0 Å². The van der Waals surface area contributed by atoms with Crippen molar-refractivity contribution in [1.29, 1.82) is 0 Å². The highest BCUT2D eigenvalue weighted by molar-refractivity contribution is 7.99. The van der Waals surface area contributed by atoms with E-state index in [1.807, 2.05) is 23.9 Å². The van der Waals surface area contributed by atoms with E-state index in [0.717, 1.165) is 18.1 Å². The summed E-state index contributed by atoms with van der Waals surface area (Å²) in [5, 5.41) is 3.24. The molecule has 0 bridgehead atoms. The summed E-state index contributed by atoms with van der Waals surface area (Å²) < 4.78 is 0. The molecule has 0 saturated carbocycles. The lowest BCUT2D eigenvalue weighted by atomic mass is 10.4. The molecule has 1 heterocycles. The molecule has 3 nitrogen and oxygen atoms in total. The molecule has 0 spiro atoms. The maximum Gasteiger partial charge on any atom is 0.129 e. The Morgan fingerprint density at radius 3 is 2.75 bits per heavy atom. The largest absolute Gasteiger partial charge is 0.369 e. The van der Waals surface area contributed by atoms with Crippen LogP contribution in [0.25, 0.3) is 0 Å². The molecule has 1 aromatic heterocycles. The zero-order valence-corrected chi connectivity index (χ0v) is 9.65. The van der Waals surface area contributed by atoms with Crippen molar-refractivity contribution in [2.24, 2.45) is 0 Å². The molecule has 0 fully saturated rings. The Labute approximate surface area is 99.3 Å². The number of hydrogen-bond donors (Lipinski definition) is 1. The van der Waals surface area contributed by atoms with Gasteiger partial charge in [0.1, 0.15) is 12.1 Å². The number of benzene rings is 1. The molecule has 0 aliphatic heterocycles. The lowest BCUT2D eigenvalue weighted by Gasteiger charge is -2.04. The Bertz CT molecular complexity index is 364. The fourth-order valence-corrected chi connectivity index (χ4v) is 2.05. The molecule has 0 aliphatic carbocycles. The van der Waals surface area contributed by atoms with E-state index >= 15 is 0 Å². The number of rotatable bonds is 5. The van der Waals surface area contributed by atoms with E-state index in [1.54, 1.807) is 12.5 Å². The van der Waals surface area contributed by atoms with Gasteiger partial charge in [-0.2, -0.15) is 0 Å². The lowest BCUT2D eigenvalue weighted by molar-refractivity contribution is 1.11. The summed E-state index contributed by atoms with van der Waals surface area (Å²) in [7, 11) is 0. The summed E-state index contributed by atoms with van der Waals surface area (Å²) in [4.78, 5) is 9.25. The standard InChI is InChI=1S/C12H13N3S/c1-2-4-11(5-3-1)16-9-8-14-12-6-7-13-10-15-12/h1-7,10H,8-9H2,(H,13,14,15). The van der Waals surface area contributed by atoms with E-state index in [-0.39, 0.29) is 0 Å². The van der Waals surface area contributed by atoms with Gasteiger partial charge in [0.15, 0.2) is 0 Å². The van der Waals surface area contributed by atoms with E-state index in [2.05, 4.69) is 39.6 Å². The monoisotopic (exact) mass is 231 g/mol. The second kappa shape index (κ2) is 6.12. The van der Waals surface area contributed by atoms with Crippen molar-refractivity contribution in [3.8, 4) is 0 Å². The third-order valence-corrected chi connectivity index (χ3v) is 3.02. The van der Waals surface area contributed by atoms with Gasteiger partial charge < -0.3 is 5.32 Å². The number of hydrogen-bond acceptors (Lipinski definition) is 4. The third kappa shape index (κ3) is 3.55. The number of nitrogens with one attached hydrogen (secondary N) is 1. The molecule has 0 unspecified atom stereocenters. The van der Waals surface area contributed by atoms with Crippen molar-refractivity contribution in [3.63, 3.8) is 0 Å². The predicted octanol–water partition coefficient (Wildman–Crippen LogP) is 2.68. The van der Waals surface area contributed by atoms with Gasteiger partial charge in [-0.05, 0) is 18.2 Å². The minimum atomic E-state index is 0.878. The fourth-order valence-electron chi connectivity index (χ4n) is 1.26. The van der Waals surface area contributed by atoms with Crippen molar-refractivity contribution in [3.05, 3.63) is 48.9 Å². The Morgan fingerprint density at radius 2 is 2.00 bits per heavy atom. The minimum absolute atomic E-state index is 0.878. The SMILES string of the molecule is c1ccc(SCCNc2ccncn2)cc1. The van der Waals surface area contributed by atoms with Crippen LogP contribution in [-0.2, 0) is 0 Å². The molecule has 0 aliphatic rings. The second-order valence-electron chi connectivity index (χ2n) is 3.18. The van der Waals surface area contributed by atoms with Crippen LogP contribution < -0.4 is 5.32 Å². The number of thioether (sulfide) groups is 1. The van der Waals surface area contributed by atoms with Crippen LogP contribution in [0.3, 0.4) is 0 Å². The van der Waals surface area contributed by atoms with Gasteiger partial charge in [-0.1, -0.05) is 18.2 Å². The van der Waals surface area contributed by atoms with E-state index in [1.165, 1.54) is 4.90 Å². The van der Waals surface area contributed by atoms with Crippen molar-refractivity contribution >= 4 is 17.6 Å². The van der Waals surface area contributed by atoms with Crippen LogP contribution in [0.4, 0.5) is 5.82 Å². The van der Waals surface area contributed by atoms with Gasteiger partial charge in [-0.3, -0.25) is 0 Å². The summed E-state index contributed by atoms with van der Waals surface area (Å²) in [6.07, 6.45) is 3.28. The molecule has 2 rings (SSSR count). The molecule has 0 atom stereocenters. The molecule has 0 amide bonds. The summed E-state index contributed by atoms with van der Waals surface area (Å²) >= 11 is 1.83. The predicted molar refractivity (Wildman–Crippen MR) is 67.7 cm³/mol. The molecular weight excluding hydrogens is 218 g/mol. The molecule has 1 N–H and O–H groups in total. The molecule has 4 heteroatoms. The highest BCUT2D eigenvalue weighted by atomic mass is 32.2. The first-order valence-electron chi connectivity index (χ1n) is 5.13. The maximum atomic E-state index is 4.09. The topological polar surface area (TPSA) is 37.8 Å². The quantitative estimate of drug-likeness (QED) is 0.634. The lowest BCUT2D eigenvalue weighted by Crippen LogP contribution is -2.05. The number of anilines is 1. The van der Waals surface area contributed by atoms with Crippen LogP contribution in [0.15, 0.2) is 53.8 Å². The number of aromatic nitrogens is 2. The van der Waals surface area contributed by atoms with Gasteiger partial charge in [-0.25, -0.2) is 9.97 Å². The molecule has 0 saturated heterocycles. The fraction of sp³-hybridized carbons (Fsp3) is 0.167. The van der Waals surface area contributed by atoms with Crippen LogP contribution >= 0.6 is 11.8 Å². The molecule has 0 radical (unpaired) electrons. The minimum Gasteiger partial charge on any atom is -0.369 e. The first-order chi connectivity index (χ1) is 7.95. The van der Waals surface area contributed by atoms with E-state index < -0.39 is 0 Å². The zero-order chi connectivity index (χ0) is 11.1. The van der Waals surface area contributed by atoms with Crippen LogP contribution in [-0.4, -0.2) is 22.3 Å². The molecular formula is C12H13N3S. The molecule has 2 aromatic rings. The second-order valence-corrected chi connectivity index (χ2v) is 4.35. The molecule has 82 valence electrons. The van der Waals surface area contributed by atoms with Crippen LogP contribution in [0, 0.1) is 0 Å². The average Bonchev–Trinajstić information content (AvgIpc) is 2.37. The molecule has 16 heavy (non-hydrogen) atoms. The Kier molecular flexibility index (Phi) is 4.19. The van der Waals surface area contributed by atoms with Crippen molar-refractivity contribution < 1.29 is 0 Å². The van der Waals surface area contributed by atoms with Crippen molar-refractivity contribution in [2.75, 3.05) is 17.6 Å². The Balaban J connectivity index is 1.70. The normalized spacial score (nSPS) is 10.0. The van der Waals surface area contributed by atoms with Gasteiger partial charge in [0, 0.05) is 23.4 Å². The Morgan fingerprint density at radius 1 is 1.12 bits per heavy atom.